The third-order valence-electron chi connectivity index (χ3n) is 4.51. The zero-order valence-electron chi connectivity index (χ0n) is 18.4. The predicted octanol–water partition coefficient (Wildman–Crippen LogP) is 1.89. The van der Waals surface area contributed by atoms with Crippen LogP contribution in [0.5, 0.6) is 5.75 Å². The molecule has 0 bridgehead atoms. The number of hydrogen-bond acceptors (Lipinski definition) is 6. The van der Waals surface area contributed by atoms with Gasteiger partial charge in [0.05, 0.1) is 18.9 Å². The number of nitrogens with one attached hydrogen (secondary N) is 2. The second-order valence-corrected chi connectivity index (χ2v) is 10.7. The van der Waals surface area contributed by atoms with Crippen LogP contribution >= 0.6 is 0 Å². The second-order valence-electron chi connectivity index (χ2n) is 8.83. The molecule has 0 aromatic heterocycles. The van der Waals surface area contributed by atoms with Crippen molar-refractivity contribution in [1.29, 1.82) is 0 Å². The summed E-state index contributed by atoms with van der Waals surface area (Å²) in [6.07, 6.45) is 2.66. The van der Waals surface area contributed by atoms with Gasteiger partial charge in [-0.15, -0.1) is 0 Å². The van der Waals surface area contributed by atoms with Crippen molar-refractivity contribution in [2.75, 3.05) is 25.4 Å². The van der Waals surface area contributed by atoms with E-state index in [0.29, 0.717) is 18.7 Å². The van der Waals surface area contributed by atoms with Gasteiger partial charge in [-0.25, -0.2) is 22.4 Å². The highest BCUT2D eigenvalue weighted by atomic mass is 32.2. The zero-order valence-corrected chi connectivity index (χ0v) is 19.2. The van der Waals surface area contributed by atoms with Gasteiger partial charge in [-0.1, -0.05) is 39.0 Å². The molecule has 31 heavy (non-hydrogen) atoms. The predicted molar refractivity (Wildman–Crippen MR) is 116 cm³/mol. The van der Waals surface area contributed by atoms with Crippen molar-refractivity contribution in [2.45, 2.75) is 46.5 Å². The fourth-order valence-corrected chi connectivity index (χ4v) is 4.10. The number of carbonyl (C=O) groups excluding carboxylic acids is 1. The maximum atomic E-state index is 14.0. The average molecular weight is 458 g/mol. The Morgan fingerprint density at radius 1 is 1.39 bits per heavy atom. The first kappa shape index (κ1) is 25.3. The van der Waals surface area contributed by atoms with E-state index >= 15 is 0 Å². The van der Waals surface area contributed by atoms with Crippen molar-refractivity contribution in [2.24, 2.45) is 5.41 Å². The lowest BCUT2D eigenvalue weighted by molar-refractivity contribution is -0.119. The van der Waals surface area contributed by atoms with Crippen molar-refractivity contribution < 1.29 is 27.4 Å². The van der Waals surface area contributed by atoms with Gasteiger partial charge in [0.15, 0.2) is 17.9 Å². The van der Waals surface area contributed by atoms with Crippen LogP contribution in [-0.4, -0.2) is 56.1 Å². The SMILES string of the molecule is C[C@@H](NS(=O)(=O)CC/C=C/CN1CC(=O)NC1O)c1ccc(F)c(OCC(C)(C)C)c1. The van der Waals surface area contributed by atoms with Gasteiger partial charge in [-0.3, -0.25) is 4.79 Å². The highest BCUT2D eigenvalue weighted by Gasteiger charge is 2.26. The molecule has 174 valence electrons. The van der Waals surface area contributed by atoms with Gasteiger partial charge in [0, 0.05) is 12.6 Å². The Kier molecular flexibility index (Phi) is 8.58. The lowest BCUT2D eigenvalue weighted by atomic mass is 9.98. The van der Waals surface area contributed by atoms with Crippen molar-refractivity contribution >= 4 is 15.9 Å². The highest BCUT2D eigenvalue weighted by molar-refractivity contribution is 7.89. The Hall–Kier alpha value is -2.01. The fraction of sp³-hybridized carbons (Fsp3) is 0.571. The molecule has 3 N–H and O–H groups in total. The van der Waals surface area contributed by atoms with Crippen molar-refractivity contribution in [3.63, 3.8) is 0 Å². The van der Waals surface area contributed by atoms with E-state index in [4.69, 9.17) is 4.74 Å². The Morgan fingerprint density at radius 3 is 2.71 bits per heavy atom. The Morgan fingerprint density at radius 2 is 2.10 bits per heavy atom. The first-order valence-corrected chi connectivity index (χ1v) is 11.8. The van der Waals surface area contributed by atoms with E-state index in [-0.39, 0.29) is 35.8 Å². The van der Waals surface area contributed by atoms with Gasteiger partial charge in [0.25, 0.3) is 0 Å². The average Bonchev–Trinajstić information content (AvgIpc) is 2.96. The van der Waals surface area contributed by atoms with Gasteiger partial charge in [0.2, 0.25) is 15.9 Å². The number of sulfonamides is 1. The summed E-state index contributed by atoms with van der Waals surface area (Å²) in [5, 5.41) is 11.9. The number of benzene rings is 1. The normalized spacial score (nSPS) is 19.0. The number of rotatable bonds is 10. The monoisotopic (exact) mass is 457 g/mol. The molecular formula is C21H32FN3O5S. The molecule has 1 amide bonds. The fourth-order valence-electron chi connectivity index (χ4n) is 2.86. The summed E-state index contributed by atoms with van der Waals surface area (Å²) in [6, 6.07) is 3.77. The van der Waals surface area contributed by atoms with Crippen molar-refractivity contribution in [1.82, 2.24) is 14.9 Å². The number of ether oxygens (including phenoxy) is 1. The molecule has 2 atom stereocenters. The molecule has 1 aliphatic rings. The van der Waals surface area contributed by atoms with E-state index in [2.05, 4.69) is 10.0 Å². The van der Waals surface area contributed by atoms with E-state index in [9.17, 15) is 22.7 Å². The number of allylic oxidation sites excluding steroid dienone is 1. The van der Waals surface area contributed by atoms with E-state index in [1.54, 1.807) is 19.1 Å². The third kappa shape index (κ3) is 8.56. The molecule has 0 spiro atoms. The summed E-state index contributed by atoms with van der Waals surface area (Å²) >= 11 is 0. The van der Waals surface area contributed by atoms with Crippen molar-refractivity contribution in [3.05, 3.63) is 41.7 Å². The standard InChI is InChI=1S/C21H32FN3O5S/c1-15(16-8-9-17(22)18(12-16)30-14-21(2,3)4)24-31(28,29)11-7-5-6-10-25-13-19(26)23-20(25)27/h5-6,8-9,12,15,20,24,27H,7,10-11,13-14H2,1-4H3,(H,23,26)/b6-5+/t15-,20?/m1/s1. The zero-order chi connectivity index (χ0) is 23.2. The summed E-state index contributed by atoms with van der Waals surface area (Å²) in [5.41, 5.74) is 0.465. The lowest BCUT2D eigenvalue weighted by Gasteiger charge is -2.20. The number of aliphatic hydroxyl groups is 1. The lowest BCUT2D eigenvalue weighted by Crippen LogP contribution is -2.35. The summed E-state index contributed by atoms with van der Waals surface area (Å²) in [4.78, 5) is 12.7. The van der Waals surface area contributed by atoms with Crippen LogP contribution < -0.4 is 14.8 Å². The summed E-state index contributed by atoms with van der Waals surface area (Å²) in [6.45, 7) is 8.38. The number of halogens is 1. The first-order chi connectivity index (χ1) is 14.4. The molecular weight excluding hydrogens is 425 g/mol. The van der Waals surface area contributed by atoms with Crippen LogP contribution in [0, 0.1) is 11.2 Å². The van der Waals surface area contributed by atoms with Crippen LogP contribution in [0.25, 0.3) is 0 Å². The number of hydrogen-bond donors (Lipinski definition) is 3. The van der Waals surface area contributed by atoms with Crippen LogP contribution in [0.15, 0.2) is 30.4 Å². The van der Waals surface area contributed by atoms with Crippen LogP contribution in [-0.2, 0) is 14.8 Å². The summed E-state index contributed by atoms with van der Waals surface area (Å²) in [7, 11) is -3.57. The van der Waals surface area contributed by atoms with Gasteiger partial charge < -0.3 is 15.2 Å². The third-order valence-corrected chi connectivity index (χ3v) is 6.00. The molecule has 0 saturated carbocycles. The van der Waals surface area contributed by atoms with E-state index in [0.717, 1.165) is 0 Å². The molecule has 8 nitrogen and oxygen atoms in total. The molecule has 10 heteroatoms. The minimum atomic E-state index is -3.57. The van der Waals surface area contributed by atoms with Gasteiger partial charge >= 0.3 is 0 Å². The van der Waals surface area contributed by atoms with Gasteiger partial charge in [0.1, 0.15) is 0 Å². The molecule has 2 rings (SSSR count). The Labute approximate surface area is 183 Å². The molecule has 1 aromatic carbocycles. The molecule has 1 unspecified atom stereocenters. The number of nitrogens with zero attached hydrogens (tertiary/aromatic N) is 1. The first-order valence-electron chi connectivity index (χ1n) is 10.1. The summed E-state index contributed by atoms with van der Waals surface area (Å²) in [5.74, 6) is -0.775. The van der Waals surface area contributed by atoms with Crippen LogP contribution in [0.1, 0.15) is 45.7 Å². The maximum Gasteiger partial charge on any atom is 0.237 e. The van der Waals surface area contributed by atoms with Crippen molar-refractivity contribution in [3.8, 4) is 5.75 Å². The molecule has 0 aliphatic carbocycles. The minimum Gasteiger partial charge on any atom is -0.490 e. The Bertz CT molecular complexity index is 899. The van der Waals surface area contributed by atoms with Crippen LogP contribution in [0.3, 0.4) is 0 Å². The van der Waals surface area contributed by atoms with E-state index in [1.165, 1.54) is 23.1 Å². The van der Waals surface area contributed by atoms with Crippen LogP contribution in [0.2, 0.25) is 0 Å². The molecule has 1 fully saturated rings. The van der Waals surface area contributed by atoms with Crippen LogP contribution in [0.4, 0.5) is 4.39 Å². The summed E-state index contributed by atoms with van der Waals surface area (Å²) < 4.78 is 46.9. The Balaban J connectivity index is 1.86. The number of aliphatic hydroxyl groups excluding tert-OH is 1. The second kappa shape index (κ2) is 10.5. The number of amides is 1. The van der Waals surface area contributed by atoms with E-state index in [1.807, 2.05) is 20.8 Å². The number of carbonyl (C=O) groups is 1. The minimum absolute atomic E-state index is 0.0958. The van der Waals surface area contributed by atoms with Gasteiger partial charge in [-0.2, -0.15) is 0 Å². The highest BCUT2D eigenvalue weighted by Crippen LogP contribution is 2.25. The maximum absolute atomic E-state index is 14.0. The molecule has 1 heterocycles. The molecule has 1 aromatic rings. The quantitative estimate of drug-likeness (QED) is 0.463. The van der Waals surface area contributed by atoms with E-state index < -0.39 is 28.2 Å². The largest absolute Gasteiger partial charge is 0.490 e. The van der Waals surface area contributed by atoms with Gasteiger partial charge in [-0.05, 0) is 36.5 Å². The topological polar surface area (TPSA) is 108 Å². The molecule has 1 aliphatic heterocycles. The molecule has 0 radical (unpaired) electrons. The smallest absolute Gasteiger partial charge is 0.237 e. The molecule has 1 saturated heterocycles.